The SMILES string of the molecule is CCCN(CCC)C(=O)c1oc2ccccc2c1NC(=O)Cc1cccc([N+](=O)[O-])c1. The number of hydrogen-bond acceptors (Lipinski definition) is 5. The molecule has 0 aliphatic rings. The molecule has 3 rings (SSSR count). The highest BCUT2D eigenvalue weighted by Crippen LogP contribution is 2.32. The van der Waals surface area contributed by atoms with Crippen LogP contribution < -0.4 is 5.32 Å². The van der Waals surface area contributed by atoms with E-state index in [1.54, 1.807) is 35.2 Å². The first-order chi connectivity index (χ1) is 14.9. The summed E-state index contributed by atoms with van der Waals surface area (Å²) in [6, 6.07) is 13.0. The molecule has 8 heteroatoms. The topological polar surface area (TPSA) is 106 Å². The molecule has 0 spiro atoms. The summed E-state index contributed by atoms with van der Waals surface area (Å²) in [6.45, 7) is 5.17. The number of rotatable bonds is 9. The van der Waals surface area contributed by atoms with E-state index in [4.69, 9.17) is 4.42 Å². The lowest BCUT2D eigenvalue weighted by atomic mass is 10.1. The fraction of sp³-hybridized carbons (Fsp3) is 0.304. The van der Waals surface area contributed by atoms with Crippen LogP contribution in [-0.2, 0) is 11.2 Å². The van der Waals surface area contributed by atoms with Gasteiger partial charge in [0.05, 0.1) is 11.3 Å². The molecule has 31 heavy (non-hydrogen) atoms. The number of nitrogens with one attached hydrogen (secondary N) is 1. The standard InChI is InChI=1S/C23H25N3O5/c1-3-12-25(13-4-2)23(28)22-21(18-10-5-6-11-19(18)31-22)24-20(27)15-16-8-7-9-17(14-16)26(29)30/h5-11,14H,3-4,12-13,15H2,1-2H3,(H,24,27). The lowest BCUT2D eigenvalue weighted by molar-refractivity contribution is -0.384. The minimum absolute atomic E-state index is 0.0670. The van der Waals surface area contributed by atoms with Gasteiger partial charge in [-0.1, -0.05) is 38.1 Å². The summed E-state index contributed by atoms with van der Waals surface area (Å²) >= 11 is 0. The van der Waals surface area contributed by atoms with Crippen molar-refractivity contribution in [1.29, 1.82) is 0 Å². The molecule has 0 aliphatic carbocycles. The molecule has 0 radical (unpaired) electrons. The van der Waals surface area contributed by atoms with Crippen LogP contribution in [0.2, 0.25) is 0 Å². The highest BCUT2D eigenvalue weighted by atomic mass is 16.6. The maximum absolute atomic E-state index is 13.2. The zero-order chi connectivity index (χ0) is 22.4. The van der Waals surface area contributed by atoms with Crippen molar-refractivity contribution in [2.45, 2.75) is 33.1 Å². The summed E-state index contributed by atoms with van der Waals surface area (Å²) in [7, 11) is 0. The molecule has 8 nitrogen and oxygen atoms in total. The van der Waals surface area contributed by atoms with E-state index in [0.717, 1.165) is 12.8 Å². The van der Waals surface area contributed by atoms with Gasteiger partial charge in [-0.2, -0.15) is 0 Å². The van der Waals surface area contributed by atoms with Crippen LogP contribution in [-0.4, -0.2) is 34.7 Å². The number of benzene rings is 2. The Labute approximate surface area is 180 Å². The Kier molecular flexibility index (Phi) is 7.02. The molecule has 0 bridgehead atoms. The molecule has 2 aromatic carbocycles. The summed E-state index contributed by atoms with van der Waals surface area (Å²) in [5, 5.41) is 14.4. The number of non-ortho nitro benzene ring substituents is 1. The average Bonchev–Trinajstić information content (AvgIpc) is 3.11. The molecule has 1 N–H and O–H groups in total. The van der Waals surface area contributed by atoms with Crippen molar-refractivity contribution in [1.82, 2.24) is 4.90 Å². The number of para-hydroxylation sites is 1. The highest BCUT2D eigenvalue weighted by molar-refractivity contribution is 6.11. The van der Waals surface area contributed by atoms with Gasteiger partial charge >= 0.3 is 0 Å². The van der Waals surface area contributed by atoms with E-state index in [-0.39, 0.29) is 23.8 Å². The molecule has 1 aromatic heterocycles. The van der Waals surface area contributed by atoms with Crippen molar-refractivity contribution in [3.63, 3.8) is 0 Å². The van der Waals surface area contributed by atoms with E-state index < -0.39 is 10.8 Å². The fourth-order valence-electron chi connectivity index (χ4n) is 3.47. The molecule has 3 aromatic rings. The van der Waals surface area contributed by atoms with Crippen molar-refractivity contribution < 1.29 is 18.9 Å². The average molecular weight is 423 g/mol. The van der Waals surface area contributed by atoms with Gasteiger partial charge in [0.15, 0.2) is 0 Å². The quantitative estimate of drug-likeness (QED) is 0.394. The Bertz CT molecular complexity index is 1100. The molecular weight excluding hydrogens is 398 g/mol. The lowest BCUT2D eigenvalue weighted by Gasteiger charge is -2.20. The molecule has 0 saturated carbocycles. The first-order valence-electron chi connectivity index (χ1n) is 10.3. The molecule has 2 amide bonds. The Morgan fingerprint density at radius 3 is 2.45 bits per heavy atom. The van der Waals surface area contributed by atoms with Gasteiger partial charge in [0.2, 0.25) is 11.7 Å². The van der Waals surface area contributed by atoms with E-state index in [1.807, 2.05) is 13.8 Å². The van der Waals surface area contributed by atoms with Gasteiger partial charge in [0.25, 0.3) is 11.6 Å². The van der Waals surface area contributed by atoms with Crippen LogP contribution in [0.25, 0.3) is 11.0 Å². The Morgan fingerprint density at radius 2 is 1.77 bits per heavy atom. The number of carbonyl (C=O) groups is 2. The molecule has 1 heterocycles. The summed E-state index contributed by atoms with van der Waals surface area (Å²) in [5.41, 5.74) is 1.26. The molecular formula is C23H25N3O5. The minimum atomic E-state index is -0.502. The third-order valence-corrected chi connectivity index (χ3v) is 4.81. The van der Waals surface area contributed by atoms with Crippen LogP contribution in [0, 0.1) is 10.1 Å². The lowest BCUT2D eigenvalue weighted by Crippen LogP contribution is -2.33. The Balaban J connectivity index is 1.91. The minimum Gasteiger partial charge on any atom is -0.449 e. The summed E-state index contributed by atoms with van der Waals surface area (Å²) < 4.78 is 5.84. The number of fused-ring (bicyclic) bond motifs is 1. The number of anilines is 1. The van der Waals surface area contributed by atoms with E-state index in [0.29, 0.717) is 35.3 Å². The second-order valence-corrected chi connectivity index (χ2v) is 7.25. The molecule has 0 atom stereocenters. The predicted molar refractivity (Wildman–Crippen MR) is 118 cm³/mol. The van der Waals surface area contributed by atoms with Gasteiger partial charge in [0.1, 0.15) is 11.3 Å². The third kappa shape index (κ3) is 5.09. The second kappa shape index (κ2) is 9.88. The highest BCUT2D eigenvalue weighted by Gasteiger charge is 2.26. The van der Waals surface area contributed by atoms with Crippen LogP contribution in [0.4, 0.5) is 11.4 Å². The summed E-state index contributed by atoms with van der Waals surface area (Å²) in [6.07, 6.45) is 1.54. The smallest absolute Gasteiger partial charge is 0.291 e. The number of hydrogen-bond donors (Lipinski definition) is 1. The van der Waals surface area contributed by atoms with Crippen LogP contribution in [0.5, 0.6) is 0 Å². The second-order valence-electron chi connectivity index (χ2n) is 7.25. The molecule has 162 valence electrons. The van der Waals surface area contributed by atoms with Gasteiger partial charge in [-0.15, -0.1) is 0 Å². The van der Waals surface area contributed by atoms with Gasteiger partial charge < -0.3 is 14.6 Å². The maximum Gasteiger partial charge on any atom is 0.291 e. The van der Waals surface area contributed by atoms with E-state index in [9.17, 15) is 19.7 Å². The van der Waals surface area contributed by atoms with E-state index in [1.165, 1.54) is 18.2 Å². The van der Waals surface area contributed by atoms with Crippen LogP contribution in [0.15, 0.2) is 52.9 Å². The molecule has 0 fully saturated rings. The fourth-order valence-corrected chi connectivity index (χ4v) is 3.47. The Hall–Kier alpha value is -3.68. The Morgan fingerprint density at radius 1 is 1.06 bits per heavy atom. The number of nitro groups is 1. The molecule has 0 unspecified atom stereocenters. The number of furan rings is 1. The number of amides is 2. The monoisotopic (exact) mass is 423 g/mol. The summed E-state index contributed by atoms with van der Waals surface area (Å²) in [4.78, 5) is 38.1. The number of nitrogens with zero attached hydrogens (tertiary/aromatic N) is 2. The molecule has 0 aliphatic heterocycles. The van der Waals surface area contributed by atoms with Gasteiger partial charge in [0, 0.05) is 30.6 Å². The van der Waals surface area contributed by atoms with Gasteiger partial charge in [-0.25, -0.2) is 0 Å². The van der Waals surface area contributed by atoms with E-state index >= 15 is 0 Å². The number of carbonyl (C=O) groups excluding carboxylic acids is 2. The first kappa shape index (κ1) is 22.0. The normalized spacial score (nSPS) is 10.8. The molecule has 0 saturated heterocycles. The van der Waals surface area contributed by atoms with Crippen LogP contribution in [0.1, 0.15) is 42.8 Å². The van der Waals surface area contributed by atoms with Gasteiger partial charge in [-0.05, 0) is 30.5 Å². The summed E-state index contributed by atoms with van der Waals surface area (Å²) in [5.74, 6) is -0.570. The predicted octanol–water partition coefficient (Wildman–Crippen LogP) is 4.78. The van der Waals surface area contributed by atoms with Crippen molar-refractivity contribution in [2.24, 2.45) is 0 Å². The van der Waals surface area contributed by atoms with Crippen molar-refractivity contribution >= 4 is 34.2 Å². The zero-order valence-electron chi connectivity index (χ0n) is 17.6. The van der Waals surface area contributed by atoms with Crippen LogP contribution in [0.3, 0.4) is 0 Å². The van der Waals surface area contributed by atoms with Crippen molar-refractivity contribution in [2.75, 3.05) is 18.4 Å². The first-order valence-corrected chi connectivity index (χ1v) is 10.3. The maximum atomic E-state index is 13.2. The van der Waals surface area contributed by atoms with Crippen molar-refractivity contribution in [3.05, 3.63) is 70.0 Å². The number of nitro benzene ring substituents is 1. The largest absolute Gasteiger partial charge is 0.449 e. The van der Waals surface area contributed by atoms with Crippen LogP contribution >= 0.6 is 0 Å². The third-order valence-electron chi connectivity index (χ3n) is 4.81. The van der Waals surface area contributed by atoms with Gasteiger partial charge in [-0.3, -0.25) is 19.7 Å². The van der Waals surface area contributed by atoms with E-state index in [2.05, 4.69) is 5.32 Å². The van der Waals surface area contributed by atoms with Crippen molar-refractivity contribution in [3.8, 4) is 0 Å². The zero-order valence-corrected chi connectivity index (χ0v) is 17.6.